The number of nitrogens with zero attached hydrogens (tertiary/aromatic N) is 4. The Morgan fingerprint density at radius 2 is 1.96 bits per heavy atom. The molecule has 1 heterocycles. The summed E-state index contributed by atoms with van der Waals surface area (Å²) in [7, 11) is 1.76. The third kappa shape index (κ3) is 4.03. The molecular formula is C16H18N4O4. The molecule has 8 heteroatoms. The maximum absolute atomic E-state index is 11.0. The Hall–Kier alpha value is -3.03. The van der Waals surface area contributed by atoms with Gasteiger partial charge in [0.2, 0.25) is 0 Å². The fraction of sp³-hybridized carbons (Fsp3) is 0.312. The Bertz CT molecular complexity index is 761. The number of aromatic nitrogens is 2. The summed E-state index contributed by atoms with van der Waals surface area (Å²) in [6.07, 6.45) is 0. The number of benzene rings is 1. The molecule has 1 aromatic carbocycles. The number of carboxylic acids is 1. The van der Waals surface area contributed by atoms with Gasteiger partial charge < -0.3 is 10.0 Å². The highest BCUT2D eigenvalue weighted by atomic mass is 16.6. The van der Waals surface area contributed by atoms with Gasteiger partial charge >= 0.3 is 5.97 Å². The minimum absolute atomic E-state index is 0.000900. The Labute approximate surface area is 138 Å². The molecular weight excluding hydrogens is 312 g/mol. The normalized spacial score (nSPS) is 11.8. The van der Waals surface area contributed by atoms with Gasteiger partial charge in [0.05, 0.1) is 10.8 Å². The summed E-state index contributed by atoms with van der Waals surface area (Å²) in [5.41, 5.74) is 1.38. The maximum atomic E-state index is 11.0. The molecule has 0 saturated carbocycles. The number of rotatable bonds is 6. The number of carbonyl (C=O) groups is 1. The number of nitro groups is 1. The molecule has 1 unspecified atom stereocenters. The number of hydrogen-bond acceptors (Lipinski definition) is 6. The van der Waals surface area contributed by atoms with E-state index < -0.39 is 16.8 Å². The molecule has 0 aliphatic carbocycles. The van der Waals surface area contributed by atoms with Crippen LogP contribution in [-0.4, -0.2) is 39.6 Å². The molecule has 0 spiro atoms. The summed E-state index contributed by atoms with van der Waals surface area (Å²) in [4.78, 5) is 31.8. The zero-order chi connectivity index (χ0) is 17.9. The first-order chi connectivity index (χ1) is 11.3. The lowest BCUT2D eigenvalue weighted by atomic mass is 10.1. The predicted molar refractivity (Wildman–Crippen MR) is 88.9 cm³/mol. The first-order valence-corrected chi connectivity index (χ1v) is 7.32. The van der Waals surface area contributed by atoms with Crippen molar-refractivity contribution >= 4 is 17.5 Å². The third-order valence-corrected chi connectivity index (χ3v) is 3.54. The van der Waals surface area contributed by atoms with Crippen LogP contribution in [0.15, 0.2) is 30.3 Å². The lowest BCUT2D eigenvalue weighted by Crippen LogP contribution is -2.29. The summed E-state index contributed by atoms with van der Waals surface area (Å²) >= 11 is 0. The lowest BCUT2D eigenvalue weighted by molar-refractivity contribution is -0.384. The van der Waals surface area contributed by atoms with Crippen molar-refractivity contribution in [1.29, 1.82) is 0 Å². The van der Waals surface area contributed by atoms with Crippen molar-refractivity contribution in [3.8, 4) is 11.4 Å². The number of nitro benzene ring substituents is 1. The van der Waals surface area contributed by atoms with Gasteiger partial charge in [0, 0.05) is 43.0 Å². The van der Waals surface area contributed by atoms with E-state index in [0.717, 1.165) is 5.69 Å². The van der Waals surface area contributed by atoms with Gasteiger partial charge in [-0.2, -0.15) is 0 Å². The quantitative estimate of drug-likeness (QED) is 0.640. The SMILES string of the molecule is Cc1cc(N(C)CC(C)C(=O)O)nc(-c2ccc([N+](=O)[O-])cc2)n1. The van der Waals surface area contributed by atoms with E-state index in [1.165, 1.54) is 12.1 Å². The Balaban J connectivity index is 2.31. The third-order valence-electron chi connectivity index (χ3n) is 3.54. The van der Waals surface area contributed by atoms with Gasteiger partial charge in [-0.3, -0.25) is 14.9 Å². The van der Waals surface area contributed by atoms with Crippen molar-refractivity contribution in [1.82, 2.24) is 9.97 Å². The van der Waals surface area contributed by atoms with Crippen LogP contribution < -0.4 is 4.90 Å². The standard InChI is InChI=1S/C16H18N4O4/c1-10(16(21)22)9-19(3)14-8-11(2)17-15(18-14)12-4-6-13(7-5-12)20(23)24/h4-8,10H,9H2,1-3H3,(H,21,22). The van der Waals surface area contributed by atoms with E-state index in [4.69, 9.17) is 5.11 Å². The van der Waals surface area contributed by atoms with E-state index in [2.05, 4.69) is 9.97 Å². The van der Waals surface area contributed by atoms with E-state index in [1.54, 1.807) is 37.1 Å². The molecule has 0 fully saturated rings. The van der Waals surface area contributed by atoms with E-state index in [0.29, 0.717) is 23.8 Å². The molecule has 0 aliphatic heterocycles. The molecule has 0 amide bonds. The highest BCUT2D eigenvalue weighted by molar-refractivity contribution is 5.70. The summed E-state index contributed by atoms with van der Waals surface area (Å²) < 4.78 is 0. The van der Waals surface area contributed by atoms with Crippen molar-refractivity contribution in [2.24, 2.45) is 5.92 Å². The largest absolute Gasteiger partial charge is 0.481 e. The molecule has 1 N–H and O–H groups in total. The fourth-order valence-electron chi connectivity index (χ4n) is 2.19. The predicted octanol–water partition coefficient (Wildman–Crippen LogP) is 2.52. The topological polar surface area (TPSA) is 109 Å². The van der Waals surface area contributed by atoms with Crippen LogP contribution in [0, 0.1) is 23.0 Å². The highest BCUT2D eigenvalue weighted by Gasteiger charge is 2.16. The molecule has 0 saturated heterocycles. The number of aryl methyl sites for hydroxylation is 1. The summed E-state index contributed by atoms with van der Waals surface area (Å²) in [6, 6.07) is 7.75. The van der Waals surface area contributed by atoms with Gasteiger partial charge in [-0.05, 0) is 19.1 Å². The Kier molecular flexibility index (Phi) is 5.08. The smallest absolute Gasteiger partial charge is 0.308 e. The number of aliphatic carboxylic acids is 1. The summed E-state index contributed by atoms with van der Waals surface area (Å²) in [5.74, 6) is -0.366. The van der Waals surface area contributed by atoms with Crippen molar-refractivity contribution in [3.05, 3.63) is 46.1 Å². The first-order valence-electron chi connectivity index (χ1n) is 7.32. The number of non-ortho nitro benzene ring substituents is 1. The van der Waals surface area contributed by atoms with E-state index >= 15 is 0 Å². The van der Waals surface area contributed by atoms with Crippen LogP contribution in [0.5, 0.6) is 0 Å². The Morgan fingerprint density at radius 1 is 1.33 bits per heavy atom. The van der Waals surface area contributed by atoms with E-state index in [1.807, 2.05) is 6.92 Å². The van der Waals surface area contributed by atoms with Crippen LogP contribution in [0.25, 0.3) is 11.4 Å². The molecule has 2 aromatic rings. The molecule has 0 radical (unpaired) electrons. The van der Waals surface area contributed by atoms with Gasteiger partial charge in [0.25, 0.3) is 5.69 Å². The molecule has 0 bridgehead atoms. The van der Waals surface area contributed by atoms with E-state index in [-0.39, 0.29) is 5.69 Å². The van der Waals surface area contributed by atoms with Crippen molar-refractivity contribution in [3.63, 3.8) is 0 Å². The number of hydrogen-bond donors (Lipinski definition) is 1. The second-order valence-electron chi connectivity index (χ2n) is 5.61. The number of carboxylic acid groups (broad SMARTS) is 1. The zero-order valence-corrected chi connectivity index (χ0v) is 13.6. The molecule has 0 aliphatic rings. The second kappa shape index (κ2) is 7.03. The molecule has 2 rings (SSSR count). The first kappa shape index (κ1) is 17.3. The lowest BCUT2D eigenvalue weighted by Gasteiger charge is -2.21. The van der Waals surface area contributed by atoms with Crippen LogP contribution in [0.1, 0.15) is 12.6 Å². The van der Waals surface area contributed by atoms with Crippen LogP contribution in [0.2, 0.25) is 0 Å². The van der Waals surface area contributed by atoms with Gasteiger partial charge in [-0.25, -0.2) is 9.97 Å². The molecule has 1 atom stereocenters. The van der Waals surface area contributed by atoms with Crippen molar-refractivity contribution in [2.45, 2.75) is 13.8 Å². The van der Waals surface area contributed by atoms with Gasteiger partial charge in [0.15, 0.2) is 5.82 Å². The van der Waals surface area contributed by atoms with Crippen LogP contribution in [-0.2, 0) is 4.79 Å². The van der Waals surface area contributed by atoms with E-state index in [9.17, 15) is 14.9 Å². The van der Waals surface area contributed by atoms with Crippen LogP contribution in [0.3, 0.4) is 0 Å². The molecule has 8 nitrogen and oxygen atoms in total. The summed E-state index contributed by atoms with van der Waals surface area (Å²) in [6.45, 7) is 3.75. The monoisotopic (exact) mass is 330 g/mol. The Morgan fingerprint density at radius 3 is 2.50 bits per heavy atom. The molecule has 1 aromatic heterocycles. The maximum Gasteiger partial charge on any atom is 0.308 e. The average molecular weight is 330 g/mol. The second-order valence-corrected chi connectivity index (χ2v) is 5.61. The number of anilines is 1. The molecule has 24 heavy (non-hydrogen) atoms. The fourth-order valence-corrected chi connectivity index (χ4v) is 2.19. The van der Waals surface area contributed by atoms with Gasteiger partial charge in [-0.15, -0.1) is 0 Å². The van der Waals surface area contributed by atoms with Crippen molar-refractivity contribution in [2.75, 3.05) is 18.5 Å². The molecule has 126 valence electrons. The highest BCUT2D eigenvalue weighted by Crippen LogP contribution is 2.22. The zero-order valence-electron chi connectivity index (χ0n) is 13.6. The van der Waals surface area contributed by atoms with Crippen LogP contribution in [0.4, 0.5) is 11.5 Å². The summed E-state index contributed by atoms with van der Waals surface area (Å²) in [5, 5.41) is 19.7. The minimum atomic E-state index is -0.872. The van der Waals surface area contributed by atoms with Crippen molar-refractivity contribution < 1.29 is 14.8 Å². The van der Waals surface area contributed by atoms with Crippen LogP contribution >= 0.6 is 0 Å². The average Bonchev–Trinajstić information content (AvgIpc) is 2.54. The minimum Gasteiger partial charge on any atom is -0.481 e. The van der Waals surface area contributed by atoms with Gasteiger partial charge in [-0.1, -0.05) is 6.92 Å². The van der Waals surface area contributed by atoms with Gasteiger partial charge in [0.1, 0.15) is 5.82 Å².